The van der Waals surface area contributed by atoms with E-state index in [0.29, 0.717) is 17.6 Å². The molecule has 0 unspecified atom stereocenters. The molecule has 3 aromatic heterocycles. The monoisotopic (exact) mass is 283 g/mol. The first-order valence-electron chi connectivity index (χ1n) is 6.88. The molecule has 3 aromatic rings. The molecule has 0 aliphatic rings. The van der Waals surface area contributed by atoms with Crippen molar-refractivity contribution in [2.75, 3.05) is 5.32 Å². The number of imidazole rings is 1. The third-order valence-corrected chi connectivity index (χ3v) is 3.15. The Morgan fingerprint density at radius 2 is 2.19 bits per heavy atom. The lowest BCUT2D eigenvalue weighted by atomic mass is 10.2. The van der Waals surface area contributed by atoms with Crippen molar-refractivity contribution in [3.05, 3.63) is 48.8 Å². The zero-order valence-electron chi connectivity index (χ0n) is 12.0. The van der Waals surface area contributed by atoms with Gasteiger partial charge in [0.25, 0.3) is 5.91 Å². The van der Waals surface area contributed by atoms with Gasteiger partial charge in [-0.3, -0.25) is 10.1 Å². The van der Waals surface area contributed by atoms with Crippen molar-refractivity contribution in [1.29, 1.82) is 0 Å². The van der Waals surface area contributed by atoms with Gasteiger partial charge in [-0.25, -0.2) is 9.97 Å². The molecule has 1 N–H and O–H groups in total. The first-order valence-corrected chi connectivity index (χ1v) is 6.88. The van der Waals surface area contributed by atoms with Gasteiger partial charge in [0.05, 0.1) is 6.33 Å². The molecule has 108 valence electrons. The van der Waals surface area contributed by atoms with Crippen LogP contribution in [-0.4, -0.2) is 24.8 Å². The molecule has 0 radical (unpaired) electrons. The summed E-state index contributed by atoms with van der Waals surface area (Å²) in [5.74, 6) is 0.769. The Morgan fingerprint density at radius 1 is 1.33 bits per heavy atom. The molecule has 3 rings (SSSR count). The van der Waals surface area contributed by atoms with E-state index in [0.717, 1.165) is 12.1 Å². The Hall–Kier alpha value is -2.63. The third-order valence-electron chi connectivity index (χ3n) is 3.15. The Kier molecular flexibility index (Phi) is 3.43. The van der Waals surface area contributed by atoms with E-state index in [9.17, 15) is 4.79 Å². The van der Waals surface area contributed by atoms with Crippen LogP contribution in [0.2, 0.25) is 0 Å². The van der Waals surface area contributed by atoms with Crippen molar-refractivity contribution in [3.8, 4) is 0 Å². The van der Waals surface area contributed by atoms with E-state index < -0.39 is 0 Å². The number of rotatable bonds is 4. The second-order valence-corrected chi connectivity index (χ2v) is 5.37. The van der Waals surface area contributed by atoms with Gasteiger partial charge in [0.15, 0.2) is 0 Å². The number of nitrogens with one attached hydrogen (secondary N) is 1. The number of carbonyl (C=O) groups is 1. The number of hydrogen-bond acceptors (Lipinski definition) is 3. The van der Waals surface area contributed by atoms with Crippen molar-refractivity contribution < 1.29 is 4.79 Å². The van der Waals surface area contributed by atoms with Crippen molar-refractivity contribution in [3.63, 3.8) is 0 Å². The van der Waals surface area contributed by atoms with Gasteiger partial charge in [-0.2, -0.15) is 0 Å². The Labute approximate surface area is 122 Å². The second kappa shape index (κ2) is 5.40. The van der Waals surface area contributed by atoms with Crippen LogP contribution < -0.4 is 5.32 Å². The molecule has 0 bridgehead atoms. The standard InChI is InChI=1S/C15H17N5O/c1-11(2)9-19-7-5-16-15(19)18-14(21)13-8-12-4-3-6-20(12)10-17-13/h3-8,10-11H,9H2,1-2H3,(H,16,18,21). The number of aromatic nitrogens is 4. The lowest BCUT2D eigenvalue weighted by molar-refractivity contribution is 0.102. The molecular formula is C15H17N5O. The summed E-state index contributed by atoms with van der Waals surface area (Å²) in [6.07, 6.45) is 7.06. The summed E-state index contributed by atoms with van der Waals surface area (Å²) in [7, 11) is 0. The van der Waals surface area contributed by atoms with Gasteiger partial charge in [-0.05, 0) is 24.1 Å². The maximum atomic E-state index is 12.3. The second-order valence-electron chi connectivity index (χ2n) is 5.37. The molecule has 3 heterocycles. The van der Waals surface area contributed by atoms with Crippen LogP contribution in [0.3, 0.4) is 0 Å². The van der Waals surface area contributed by atoms with Gasteiger partial charge in [-0.15, -0.1) is 0 Å². The van der Waals surface area contributed by atoms with Crippen LogP contribution in [0.5, 0.6) is 0 Å². The Morgan fingerprint density at radius 3 is 3.00 bits per heavy atom. The van der Waals surface area contributed by atoms with E-state index >= 15 is 0 Å². The molecule has 0 spiro atoms. The quantitative estimate of drug-likeness (QED) is 0.800. The maximum absolute atomic E-state index is 12.3. The number of carbonyl (C=O) groups excluding carboxylic acids is 1. The average Bonchev–Trinajstić information content (AvgIpc) is 3.06. The summed E-state index contributed by atoms with van der Waals surface area (Å²) >= 11 is 0. The van der Waals surface area contributed by atoms with Crippen LogP contribution >= 0.6 is 0 Å². The van der Waals surface area contributed by atoms with E-state index in [-0.39, 0.29) is 5.91 Å². The molecule has 0 aliphatic carbocycles. The molecular weight excluding hydrogens is 266 g/mol. The fourth-order valence-electron chi connectivity index (χ4n) is 2.20. The molecule has 0 fully saturated rings. The van der Waals surface area contributed by atoms with Crippen LogP contribution in [0.15, 0.2) is 43.1 Å². The lowest BCUT2D eigenvalue weighted by Crippen LogP contribution is -2.18. The predicted octanol–water partition coefficient (Wildman–Crippen LogP) is 2.44. The van der Waals surface area contributed by atoms with Crippen LogP contribution in [0.25, 0.3) is 5.52 Å². The third kappa shape index (κ3) is 2.79. The summed E-state index contributed by atoms with van der Waals surface area (Å²) in [6, 6.07) is 5.59. The van der Waals surface area contributed by atoms with Crippen molar-refractivity contribution in [2.24, 2.45) is 5.92 Å². The molecule has 0 atom stereocenters. The zero-order valence-corrected chi connectivity index (χ0v) is 12.0. The number of anilines is 1. The van der Waals surface area contributed by atoms with Crippen LogP contribution in [0, 0.1) is 5.92 Å². The van der Waals surface area contributed by atoms with E-state index in [1.54, 1.807) is 18.6 Å². The topological polar surface area (TPSA) is 64.2 Å². The summed E-state index contributed by atoms with van der Waals surface area (Å²) in [5, 5.41) is 2.81. The molecule has 0 saturated heterocycles. The number of nitrogens with zero attached hydrogens (tertiary/aromatic N) is 4. The number of fused-ring (bicyclic) bond motifs is 1. The highest BCUT2D eigenvalue weighted by atomic mass is 16.2. The highest BCUT2D eigenvalue weighted by Crippen LogP contribution is 2.11. The molecule has 0 aliphatic heterocycles. The highest BCUT2D eigenvalue weighted by Gasteiger charge is 2.12. The van der Waals surface area contributed by atoms with Gasteiger partial charge in [-0.1, -0.05) is 13.8 Å². The van der Waals surface area contributed by atoms with E-state index in [1.807, 2.05) is 33.5 Å². The van der Waals surface area contributed by atoms with E-state index in [4.69, 9.17) is 0 Å². The van der Waals surface area contributed by atoms with Crippen LogP contribution in [0.4, 0.5) is 5.95 Å². The summed E-state index contributed by atoms with van der Waals surface area (Å²) in [4.78, 5) is 20.6. The van der Waals surface area contributed by atoms with Crippen LogP contribution in [0.1, 0.15) is 24.3 Å². The van der Waals surface area contributed by atoms with Crippen molar-refractivity contribution in [1.82, 2.24) is 18.9 Å². The first kappa shape index (κ1) is 13.4. The van der Waals surface area contributed by atoms with Gasteiger partial charge in [0.2, 0.25) is 5.95 Å². The summed E-state index contributed by atoms with van der Waals surface area (Å²) in [6.45, 7) is 5.04. The fourth-order valence-corrected chi connectivity index (χ4v) is 2.20. The Bertz CT molecular complexity index is 771. The zero-order chi connectivity index (χ0) is 14.8. The highest BCUT2D eigenvalue weighted by molar-refractivity contribution is 6.02. The molecule has 6 heteroatoms. The van der Waals surface area contributed by atoms with Crippen LogP contribution in [-0.2, 0) is 6.54 Å². The molecule has 21 heavy (non-hydrogen) atoms. The van der Waals surface area contributed by atoms with Crippen molar-refractivity contribution >= 4 is 17.4 Å². The minimum atomic E-state index is -0.255. The largest absolute Gasteiger partial charge is 0.317 e. The SMILES string of the molecule is CC(C)Cn1ccnc1NC(=O)c1cc2cccn2cn1. The summed E-state index contributed by atoms with van der Waals surface area (Å²) < 4.78 is 3.79. The number of hydrogen-bond donors (Lipinski definition) is 1. The molecule has 0 aromatic carbocycles. The first-order chi connectivity index (χ1) is 10.1. The van der Waals surface area contributed by atoms with Gasteiger partial charge in [0, 0.05) is 30.7 Å². The van der Waals surface area contributed by atoms with E-state index in [2.05, 4.69) is 29.1 Å². The molecule has 1 amide bonds. The van der Waals surface area contributed by atoms with E-state index in [1.165, 1.54) is 0 Å². The minimum absolute atomic E-state index is 0.255. The summed E-state index contributed by atoms with van der Waals surface area (Å²) in [5.41, 5.74) is 1.31. The van der Waals surface area contributed by atoms with Gasteiger partial charge >= 0.3 is 0 Å². The normalized spacial score (nSPS) is 11.2. The fraction of sp³-hybridized carbons (Fsp3) is 0.267. The van der Waals surface area contributed by atoms with Crippen molar-refractivity contribution in [2.45, 2.75) is 20.4 Å². The average molecular weight is 283 g/mol. The lowest BCUT2D eigenvalue weighted by Gasteiger charge is -2.10. The minimum Gasteiger partial charge on any atom is -0.317 e. The molecule has 0 saturated carbocycles. The molecule has 6 nitrogen and oxygen atoms in total. The van der Waals surface area contributed by atoms with Gasteiger partial charge < -0.3 is 8.97 Å². The number of amides is 1. The van der Waals surface area contributed by atoms with Gasteiger partial charge in [0.1, 0.15) is 5.69 Å². The maximum Gasteiger partial charge on any atom is 0.276 e. The Balaban J connectivity index is 1.81. The smallest absolute Gasteiger partial charge is 0.276 e. The predicted molar refractivity (Wildman–Crippen MR) is 80.2 cm³/mol.